The van der Waals surface area contributed by atoms with E-state index in [2.05, 4.69) is 22.5 Å². The number of aromatic nitrogens is 2. The Labute approximate surface area is 117 Å². The van der Waals surface area contributed by atoms with Gasteiger partial charge in [0.2, 0.25) is 0 Å². The SMILES string of the molecule is Cn1cc(Cl)c(CNCc2ccc3c(c2)CCO3)n1. The van der Waals surface area contributed by atoms with Crippen molar-refractivity contribution in [3.05, 3.63) is 46.2 Å². The molecular weight excluding hydrogens is 262 g/mol. The third-order valence-electron chi connectivity index (χ3n) is 3.23. The van der Waals surface area contributed by atoms with Crippen LogP contribution in [0.5, 0.6) is 5.75 Å². The van der Waals surface area contributed by atoms with E-state index in [1.54, 1.807) is 4.68 Å². The molecule has 3 rings (SSSR count). The van der Waals surface area contributed by atoms with Gasteiger partial charge in [0.05, 0.1) is 17.3 Å². The van der Waals surface area contributed by atoms with Gasteiger partial charge in [-0.05, 0) is 17.2 Å². The summed E-state index contributed by atoms with van der Waals surface area (Å²) in [6, 6.07) is 6.35. The average molecular weight is 278 g/mol. The van der Waals surface area contributed by atoms with E-state index in [9.17, 15) is 0 Å². The number of hydrogen-bond acceptors (Lipinski definition) is 3. The number of aryl methyl sites for hydroxylation is 1. The molecular formula is C14H16ClN3O. The van der Waals surface area contributed by atoms with Crippen molar-refractivity contribution < 1.29 is 4.74 Å². The minimum absolute atomic E-state index is 0.674. The molecule has 0 atom stereocenters. The summed E-state index contributed by atoms with van der Waals surface area (Å²) in [5.74, 6) is 1.02. The van der Waals surface area contributed by atoms with Crippen LogP contribution in [0.25, 0.3) is 0 Å². The van der Waals surface area contributed by atoms with Crippen LogP contribution < -0.4 is 10.1 Å². The summed E-state index contributed by atoms with van der Waals surface area (Å²) in [5.41, 5.74) is 3.44. The lowest BCUT2D eigenvalue weighted by molar-refractivity contribution is 0.357. The van der Waals surface area contributed by atoms with Crippen LogP contribution in [0, 0.1) is 0 Å². The molecule has 1 aliphatic rings. The molecule has 5 heteroatoms. The van der Waals surface area contributed by atoms with E-state index in [0.717, 1.165) is 31.0 Å². The normalized spacial score (nSPS) is 13.4. The van der Waals surface area contributed by atoms with Crippen LogP contribution in [-0.2, 0) is 26.6 Å². The van der Waals surface area contributed by atoms with Gasteiger partial charge in [0.25, 0.3) is 0 Å². The highest BCUT2D eigenvalue weighted by molar-refractivity contribution is 6.31. The Balaban J connectivity index is 1.59. The standard InChI is InChI=1S/C14H16ClN3O/c1-18-9-12(15)13(17-18)8-16-7-10-2-3-14-11(6-10)4-5-19-14/h2-3,6,9,16H,4-5,7-8H2,1H3. The van der Waals surface area contributed by atoms with Crippen LogP contribution in [0.1, 0.15) is 16.8 Å². The molecule has 0 saturated carbocycles. The Bertz CT molecular complexity index is 594. The first-order valence-corrected chi connectivity index (χ1v) is 6.73. The van der Waals surface area contributed by atoms with Gasteiger partial charge in [0, 0.05) is 32.8 Å². The monoisotopic (exact) mass is 277 g/mol. The average Bonchev–Trinajstić information content (AvgIpc) is 2.96. The van der Waals surface area contributed by atoms with E-state index >= 15 is 0 Å². The van der Waals surface area contributed by atoms with Crippen molar-refractivity contribution in [2.24, 2.45) is 7.05 Å². The lowest BCUT2D eigenvalue weighted by atomic mass is 10.1. The van der Waals surface area contributed by atoms with E-state index in [-0.39, 0.29) is 0 Å². The molecule has 1 aromatic carbocycles. The highest BCUT2D eigenvalue weighted by Crippen LogP contribution is 2.25. The molecule has 100 valence electrons. The van der Waals surface area contributed by atoms with Crippen LogP contribution in [0.2, 0.25) is 5.02 Å². The lowest BCUT2D eigenvalue weighted by Crippen LogP contribution is -2.13. The zero-order valence-electron chi connectivity index (χ0n) is 10.8. The summed E-state index contributed by atoms with van der Waals surface area (Å²) in [7, 11) is 1.87. The highest BCUT2D eigenvalue weighted by Gasteiger charge is 2.12. The Kier molecular flexibility index (Phi) is 3.44. The van der Waals surface area contributed by atoms with E-state index in [1.165, 1.54) is 11.1 Å². The molecule has 0 aliphatic carbocycles. The smallest absolute Gasteiger partial charge is 0.122 e. The number of benzene rings is 1. The molecule has 0 radical (unpaired) electrons. The van der Waals surface area contributed by atoms with Gasteiger partial charge in [-0.2, -0.15) is 5.10 Å². The molecule has 1 aromatic heterocycles. The van der Waals surface area contributed by atoms with Gasteiger partial charge in [-0.15, -0.1) is 0 Å². The predicted octanol–water partition coefficient (Wildman–Crippen LogP) is 2.30. The van der Waals surface area contributed by atoms with Gasteiger partial charge in [-0.25, -0.2) is 0 Å². The first kappa shape index (κ1) is 12.5. The van der Waals surface area contributed by atoms with E-state index in [1.807, 2.05) is 19.3 Å². The Morgan fingerprint density at radius 1 is 1.42 bits per heavy atom. The van der Waals surface area contributed by atoms with Crippen molar-refractivity contribution in [2.45, 2.75) is 19.5 Å². The second-order valence-corrected chi connectivity index (χ2v) is 5.15. The Morgan fingerprint density at radius 2 is 2.32 bits per heavy atom. The number of halogens is 1. The zero-order chi connectivity index (χ0) is 13.2. The van der Waals surface area contributed by atoms with Gasteiger partial charge >= 0.3 is 0 Å². The number of ether oxygens (including phenoxy) is 1. The first-order valence-electron chi connectivity index (χ1n) is 6.36. The summed E-state index contributed by atoms with van der Waals surface area (Å²) >= 11 is 6.06. The van der Waals surface area contributed by atoms with Crippen LogP contribution in [0.3, 0.4) is 0 Å². The molecule has 4 nitrogen and oxygen atoms in total. The highest BCUT2D eigenvalue weighted by atomic mass is 35.5. The fraction of sp³-hybridized carbons (Fsp3) is 0.357. The fourth-order valence-corrected chi connectivity index (χ4v) is 2.55. The molecule has 2 aromatic rings. The number of nitrogens with zero attached hydrogens (tertiary/aromatic N) is 2. The number of hydrogen-bond donors (Lipinski definition) is 1. The van der Waals surface area contributed by atoms with Gasteiger partial charge in [-0.3, -0.25) is 4.68 Å². The van der Waals surface area contributed by atoms with Crippen molar-refractivity contribution in [3.63, 3.8) is 0 Å². The number of nitrogens with one attached hydrogen (secondary N) is 1. The molecule has 0 spiro atoms. The van der Waals surface area contributed by atoms with Gasteiger partial charge in [-0.1, -0.05) is 23.7 Å². The summed E-state index contributed by atoms with van der Waals surface area (Å²) in [5, 5.41) is 8.37. The Hall–Kier alpha value is -1.52. The Morgan fingerprint density at radius 3 is 3.11 bits per heavy atom. The minimum Gasteiger partial charge on any atom is -0.493 e. The minimum atomic E-state index is 0.674. The van der Waals surface area contributed by atoms with Crippen LogP contribution in [0.4, 0.5) is 0 Å². The molecule has 0 unspecified atom stereocenters. The fourth-order valence-electron chi connectivity index (χ4n) is 2.30. The number of rotatable bonds is 4. The van der Waals surface area contributed by atoms with Gasteiger partial charge in [0.1, 0.15) is 5.75 Å². The molecule has 2 heterocycles. The molecule has 1 N–H and O–H groups in total. The largest absolute Gasteiger partial charge is 0.493 e. The quantitative estimate of drug-likeness (QED) is 0.932. The molecule has 0 fully saturated rings. The molecule has 19 heavy (non-hydrogen) atoms. The molecule has 0 bridgehead atoms. The van der Waals surface area contributed by atoms with Crippen molar-refractivity contribution in [3.8, 4) is 5.75 Å². The van der Waals surface area contributed by atoms with E-state index < -0.39 is 0 Å². The van der Waals surface area contributed by atoms with Crippen molar-refractivity contribution in [1.29, 1.82) is 0 Å². The summed E-state index contributed by atoms with van der Waals surface area (Å²) in [4.78, 5) is 0. The topological polar surface area (TPSA) is 39.1 Å². The van der Waals surface area contributed by atoms with Gasteiger partial charge < -0.3 is 10.1 Å². The maximum atomic E-state index is 6.06. The summed E-state index contributed by atoms with van der Waals surface area (Å²) in [6.07, 6.45) is 2.82. The number of fused-ring (bicyclic) bond motifs is 1. The molecule has 1 aliphatic heterocycles. The van der Waals surface area contributed by atoms with Crippen molar-refractivity contribution in [2.75, 3.05) is 6.61 Å². The first-order chi connectivity index (χ1) is 9.22. The molecule has 0 amide bonds. The lowest BCUT2D eigenvalue weighted by Gasteiger charge is -2.05. The molecule has 0 saturated heterocycles. The third-order valence-corrected chi connectivity index (χ3v) is 3.55. The summed E-state index contributed by atoms with van der Waals surface area (Å²) < 4.78 is 7.22. The maximum Gasteiger partial charge on any atom is 0.122 e. The van der Waals surface area contributed by atoms with Gasteiger partial charge in [0.15, 0.2) is 0 Å². The second-order valence-electron chi connectivity index (χ2n) is 4.74. The van der Waals surface area contributed by atoms with Crippen molar-refractivity contribution in [1.82, 2.24) is 15.1 Å². The van der Waals surface area contributed by atoms with Crippen molar-refractivity contribution >= 4 is 11.6 Å². The maximum absolute atomic E-state index is 6.06. The third kappa shape index (κ3) is 2.74. The van der Waals surface area contributed by atoms with Crippen LogP contribution in [0.15, 0.2) is 24.4 Å². The second kappa shape index (κ2) is 5.23. The van der Waals surface area contributed by atoms with Crippen LogP contribution >= 0.6 is 11.6 Å². The predicted molar refractivity (Wildman–Crippen MR) is 74.4 cm³/mol. The van der Waals surface area contributed by atoms with E-state index in [4.69, 9.17) is 16.3 Å². The van der Waals surface area contributed by atoms with Crippen LogP contribution in [-0.4, -0.2) is 16.4 Å². The van der Waals surface area contributed by atoms with E-state index in [0.29, 0.717) is 11.6 Å². The summed E-state index contributed by atoms with van der Waals surface area (Å²) in [6.45, 7) is 2.28. The zero-order valence-corrected chi connectivity index (χ0v) is 11.6.